The van der Waals surface area contributed by atoms with Crippen LogP contribution in [-0.4, -0.2) is 59.0 Å². The molecule has 112 valence electrons. The van der Waals surface area contributed by atoms with Crippen molar-refractivity contribution in [2.24, 2.45) is 11.8 Å². The first-order chi connectivity index (χ1) is 9.65. The second-order valence-electron chi connectivity index (χ2n) is 6.48. The first-order valence-electron chi connectivity index (χ1n) is 7.91. The van der Waals surface area contributed by atoms with Crippen molar-refractivity contribution in [1.29, 1.82) is 0 Å². The molecule has 1 saturated carbocycles. The van der Waals surface area contributed by atoms with E-state index in [0.717, 1.165) is 51.6 Å². The molecule has 2 heterocycles. The van der Waals surface area contributed by atoms with Crippen LogP contribution in [0.2, 0.25) is 0 Å². The number of amides is 2. The van der Waals surface area contributed by atoms with E-state index < -0.39 is 0 Å². The van der Waals surface area contributed by atoms with Crippen molar-refractivity contribution in [3.8, 4) is 0 Å². The summed E-state index contributed by atoms with van der Waals surface area (Å²) in [6, 6.07) is 0. The van der Waals surface area contributed by atoms with Crippen LogP contribution in [0.5, 0.6) is 0 Å². The Bertz CT molecular complexity index is 395. The maximum Gasteiger partial charge on any atom is 0.227 e. The molecular formula is C15H24N2O3. The zero-order valence-electron chi connectivity index (χ0n) is 12.0. The highest BCUT2D eigenvalue weighted by atomic mass is 16.3. The summed E-state index contributed by atoms with van der Waals surface area (Å²) in [6.45, 7) is 2.61. The second kappa shape index (κ2) is 5.72. The van der Waals surface area contributed by atoms with Crippen LogP contribution >= 0.6 is 0 Å². The molecule has 2 aliphatic heterocycles. The van der Waals surface area contributed by atoms with Gasteiger partial charge in [0.05, 0.1) is 12.0 Å². The largest absolute Gasteiger partial charge is 0.391 e. The molecule has 0 spiro atoms. The van der Waals surface area contributed by atoms with Crippen LogP contribution in [0.25, 0.3) is 0 Å². The molecule has 0 radical (unpaired) electrons. The molecule has 2 unspecified atom stereocenters. The minimum absolute atomic E-state index is 0.0586. The van der Waals surface area contributed by atoms with E-state index in [9.17, 15) is 14.7 Å². The van der Waals surface area contributed by atoms with Gasteiger partial charge in [-0.05, 0) is 38.5 Å². The van der Waals surface area contributed by atoms with Crippen molar-refractivity contribution >= 4 is 11.8 Å². The van der Waals surface area contributed by atoms with Crippen molar-refractivity contribution in [3.05, 3.63) is 0 Å². The Kier molecular flexibility index (Phi) is 3.96. The fourth-order valence-electron chi connectivity index (χ4n) is 3.38. The van der Waals surface area contributed by atoms with Crippen molar-refractivity contribution in [3.63, 3.8) is 0 Å². The maximum atomic E-state index is 12.5. The maximum absolute atomic E-state index is 12.5. The molecule has 5 heteroatoms. The number of carbonyl (C=O) groups is 2. The third kappa shape index (κ3) is 2.97. The Balaban J connectivity index is 1.58. The van der Waals surface area contributed by atoms with Gasteiger partial charge in [-0.15, -0.1) is 0 Å². The Morgan fingerprint density at radius 3 is 2.05 bits per heavy atom. The molecule has 3 fully saturated rings. The lowest BCUT2D eigenvalue weighted by Crippen LogP contribution is -2.50. The number of likely N-dealkylation sites (tertiary alicyclic amines) is 2. The van der Waals surface area contributed by atoms with Crippen LogP contribution in [0.4, 0.5) is 0 Å². The molecular weight excluding hydrogens is 256 g/mol. The Morgan fingerprint density at radius 1 is 0.800 bits per heavy atom. The first kappa shape index (κ1) is 13.9. The number of piperidine rings is 2. The summed E-state index contributed by atoms with van der Waals surface area (Å²) in [6.07, 6.45) is 5.13. The van der Waals surface area contributed by atoms with E-state index in [-0.39, 0.29) is 29.8 Å². The molecule has 0 aromatic rings. The van der Waals surface area contributed by atoms with E-state index >= 15 is 0 Å². The van der Waals surface area contributed by atoms with E-state index in [1.54, 1.807) is 4.90 Å². The van der Waals surface area contributed by atoms with Crippen LogP contribution < -0.4 is 0 Å². The molecule has 2 amide bonds. The Morgan fingerprint density at radius 2 is 1.40 bits per heavy atom. The normalized spacial score (nSPS) is 31.2. The molecule has 5 nitrogen and oxygen atoms in total. The molecule has 1 N–H and O–H groups in total. The highest BCUT2D eigenvalue weighted by Crippen LogP contribution is 2.32. The smallest absolute Gasteiger partial charge is 0.227 e. The molecule has 1 aliphatic carbocycles. The summed E-state index contributed by atoms with van der Waals surface area (Å²) in [5.41, 5.74) is 0. The van der Waals surface area contributed by atoms with E-state index in [1.165, 1.54) is 0 Å². The summed E-state index contributed by atoms with van der Waals surface area (Å²) in [7, 11) is 0. The molecule has 3 rings (SSSR count). The SMILES string of the molecule is O=C(C1CCCN(C(=O)C2CC2)C1)N1CCCC(O)C1. The van der Waals surface area contributed by atoms with Crippen LogP contribution in [0.1, 0.15) is 38.5 Å². The lowest BCUT2D eigenvalue weighted by atomic mass is 9.95. The zero-order chi connectivity index (χ0) is 14.1. The Labute approximate surface area is 119 Å². The van der Waals surface area contributed by atoms with E-state index in [1.807, 2.05) is 4.90 Å². The highest BCUT2D eigenvalue weighted by Gasteiger charge is 2.38. The molecule has 0 aromatic carbocycles. The molecule has 2 saturated heterocycles. The van der Waals surface area contributed by atoms with Gasteiger partial charge >= 0.3 is 0 Å². The predicted octanol–water partition coefficient (Wildman–Crippen LogP) is 0.618. The number of hydrogen-bond donors (Lipinski definition) is 1. The van der Waals surface area contributed by atoms with Gasteiger partial charge in [0, 0.05) is 32.1 Å². The van der Waals surface area contributed by atoms with Gasteiger partial charge in [-0.25, -0.2) is 0 Å². The van der Waals surface area contributed by atoms with Crippen molar-refractivity contribution in [2.75, 3.05) is 26.2 Å². The topological polar surface area (TPSA) is 60.9 Å². The predicted molar refractivity (Wildman–Crippen MR) is 73.8 cm³/mol. The summed E-state index contributed by atoms with van der Waals surface area (Å²) >= 11 is 0. The van der Waals surface area contributed by atoms with Gasteiger partial charge in [-0.1, -0.05) is 0 Å². The molecule has 0 aromatic heterocycles. The monoisotopic (exact) mass is 280 g/mol. The van der Waals surface area contributed by atoms with Crippen LogP contribution in [0, 0.1) is 11.8 Å². The zero-order valence-corrected chi connectivity index (χ0v) is 12.0. The van der Waals surface area contributed by atoms with Crippen molar-refractivity contribution < 1.29 is 14.7 Å². The van der Waals surface area contributed by atoms with Crippen LogP contribution in [0.15, 0.2) is 0 Å². The average molecular weight is 280 g/mol. The number of hydrogen-bond acceptors (Lipinski definition) is 3. The van der Waals surface area contributed by atoms with Gasteiger partial charge in [0.2, 0.25) is 11.8 Å². The van der Waals surface area contributed by atoms with Gasteiger partial charge in [0.1, 0.15) is 0 Å². The lowest BCUT2D eigenvalue weighted by molar-refractivity contribution is -0.143. The quantitative estimate of drug-likeness (QED) is 0.806. The third-order valence-electron chi connectivity index (χ3n) is 4.72. The molecule has 0 bridgehead atoms. The van der Waals surface area contributed by atoms with Crippen molar-refractivity contribution in [1.82, 2.24) is 9.80 Å². The molecule has 3 aliphatic rings. The minimum Gasteiger partial charge on any atom is -0.391 e. The standard InChI is InChI=1S/C15H24N2O3/c18-13-4-2-8-17(10-13)15(20)12-3-1-7-16(9-12)14(19)11-5-6-11/h11-13,18H,1-10H2. The second-order valence-corrected chi connectivity index (χ2v) is 6.48. The molecule has 2 atom stereocenters. The van der Waals surface area contributed by atoms with E-state index in [0.29, 0.717) is 13.1 Å². The highest BCUT2D eigenvalue weighted by molar-refractivity contribution is 5.83. The lowest BCUT2D eigenvalue weighted by Gasteiger charge is -2.37. The molecule has 20 heavy (non-hydrogen) atoms. The summed E-state index contributed by atoms with van der Waals surface area (Å²) in [5.74, 6) is 0.565. The van der Waals surface area contributed by atoms with Gasteiger partial charge < -0.3 is 14.9 Å². The van der Waals surface area contributed by atoms with E-state index in [2.05, 4.69) is 0 Å². The van der Waals surface area contributed by atoms with Gasteiger partial charge in [-0.2, -0.15) is 0 Å². The van der Waals surface area contributed by atoms with Crippen molar-refractivity contribution in [2.45, 2.75) is 44.6 Å². The van der Waals surface area contributed by atoms with Crippen LogP contribution in [0.3, 0.4) is 0 Å². The third-order valence-corrected chi connectivity index (χ3v) is 4.72. The summed E-state index contributed by atoms with van der Waals surface area (Å²) in [4.78, 5) is 28.3. The number of carbonyl (C=O) groups excluding carboxylic acids is 2. The fourth-order valence-corrected chi connectivity index (χ4v) is 3.38. The number of β-amino-alcohol motifs (C(OH)–C–C–N with tert-alkyl or cyclic N) is 1. The van der Waals surface area contributed by atoms with Gasteiger partial charge in [0.25, 0.3) is 0 Å². The fraction of sp³-hybridized carbons (Fsp3) is 0.867. The van der Waals surface area contributed by atoms with Gasteiger partial charge in [0.15, 0.2) is 0 Å². The first-order valence-corrected chi connectivity index (χ1v) is 7.91. The van der Waals surface area contributed by atoms with Gasteiger partial charge in [-0.3, -0.25) is 9.59 Å². The number of rotatable bonds is 2. The number of aliphatic hydroxyl groups is 1. The number of aliphatic hydroxyl groups excluding tert-OH is 1. The summed E-state index contributed by atoms with van der Waals surface area (Å²) < 4.78 is 0. The summed E-state index contributed by atoms with van der Waals surface area (Å²) in [5, 5.41) is 9.69. The number of nitrogens with zero attached hydrogens (tertiary/aromatic N) is 2. The minimum atomic E-state index is -0.375. The van der Waals surface area contributed by atoms with E-state index in [4.69, 9.17) is 0 Å². The average Bonchev–Trinajstić information content (AvgIpc) is 3.30. The Hall–Kier alpha value is -1.10. The van der Waals surface area contributed by atoms with Crippen LogP contribution in [-0.2, 0) is 9.59 Å².